The highest BCUT2D eigenvalue weighted by Gasteiger charge is 2.37. The minimum Gasteiger partial charge on any atom is -0.503 e. The lowest BCUT2D eigenvalue weighted by Crippen LogP contribution is -2.35. The fraction of sp³-hybridized carbons (Fsp3) is 0.389. The number of carbonyl (C=O) groups excluding carboxylic acids is 3. The minimum atomic E-state index is -0.640. The molecular weight excluding hydrogens is 394 g/mol. The van der Waals surface area contributed by atoms with E-state index < -0.39 is 23.7 Å². The van der Waals surface area contributed by atoms with Crippen molar-refractivity contribution in [2.24, 2.45) is 0 Å². The van der Waals surface area contributed by atoms with Gasteiger partial charge in [0.1, 0.15) is 6.54 Å². The van der Waals surface area contributed by atoms with E-state index in [4.69, 9.17) is 21.1 Å². The van der Waals surface area contributed by atoms with Crippen LogP contribution in [0.25, 0.3) is 6.08 Å². The highest BCUT2D eigenvalue weighted by Crippen LogP contribution is 2.38. The van der Waals surface area contributed by atoms with E-state index in [1.807, 2.05) is 6.92 Å². The second-order valence-corrected chi connectivity index (χ2v) is 7.16. The van der Waals surface area contributed by atoms with Crippen LogP contribution in [0.1, 0.15) is 32.8 Å². The number of halogens is 1. The van der Waals surface area contributed by atoms with Gasteiger partial charge in [0.2, 0.25) is 0 Å². The van der Waals surface area contributed by atoms with Crippen LogP contribution in [-0.4, -0.2) is 46.4 Å². The largest absolute Gasteiger partial charge is 0.503 e. The topological polar surface area (TPSA) is 93.1 Å². The van der Waals surface area contributed by atoms with Crippen LogP contribution in [0.5, 0.6) is 11.5 Å². The average molecular weight is 414 g/mol. The normalized spacial score (nSPS) is 16.7. The lowest BCUT2D eigenvalue weighted by atomic mass is 10.2. The Morgan fingerprint density at radius 1 is 1.37 bits per heavy atom. The van der Waals surface area contributed by atoms with Crippen molar-refractivity contribution in [1.29, 1.82) is 0 Å². The summed E-state index contributed by atoms with van der Waals surface area (Å²) < 4.78 is 10.4. The van der Waals surface area contributed by atoms with Gasteiger partial charge >= 0.3 is 5.97 Å². The Kier molecular flexibility index (Phi) is 7.15. The van der Waals surface area contributed by atoms with Crippen molar-refractivity contribution in [1.82, 2.24) is 4.90 Å². The summed E-state index contributed by atoms with van der Waals surface area (Å²) in [5.74, 6) is -1.25. The third kappa shape index (κ3) is 5.17. The summed E-state index contributed by atoms with van der Waals surface area (Å²) in [6.45, 7) is 5.23. The van der Waals surface area contributed by atoms with Crippen molar-refractivity contribution in [3.05, 3.63) is 27.6 Å². The van der Waals surface area contributed by atoms with Crippen LogP contribution in [0.3, 0.4) is 0 Å². The lowest BCUT2D eigenvalue weighted by molar-refractivity contribution is -0.150. The number of hydrogen-bond donors (Lipinski definition) is 1. The summed E-state index contributed by atoms with van der Waals surface area (Å²) in [6.07, 6.45) is 1.81. The van der Waals surface area contributed by atoms with Crippen LogP contribution in [0.2, 0.25) is 5.02 Å². The number of ether oxygens (including phenoxy) is 2. The van der Waals surface area contributed by atoms with Crippen molar-refractivity contribution in [3.63, 3.8) is 0 Å². The zero-order chi connectivity index (χ0) is 20.1. The molecule has 9 heteroatoms. The fourth-order valence-corrected chi connectivity index (χ4v) is 3.26. The third-order valence-electron chi connectivity index (χ3n) is 3.72. The first-order valence-corrected chi connectivity index (χ1v) is 9.56. The summed E-state index contributed by atoms with van der Waals surface area (Å²) in [7, 11) is 0. The number of carbonyl (C=O) groups is 3. The molecule has 1 N–H and O–H groups in total. The highest BCUT2D eigenvalue weighted by molar-refractivity contribution is 8.18. The van der Waals surface area contributed by atoms with E-state index in [1.165, 1.54) is 18.2 Å². The quantitative estimate of drug-likeness (QED) is 0.536. The third-order valence-corrected chi connectivity index (χ3v) is 4.91. The zero-order valence-electron chi connectivity index (χ0n) is 15.2. The fourth-order valence-electron chi connectivity index (χ4n) is 2.20. The molecule has 0 unspecified atom stereocenters. The van der Waals surface area contributed by atoms with Gasteiger partial charge in [0, 0.05) is 0 Å². The number of imide groups is 1. The lowest BCUT2D eigenvalue weighted by Gasteiger charge is -2.14. The molecule has 1 aromatic rings. The first kappa shape index (κ1) is 21.1. The Labute approximate surface area is 166 Å². The van der Waals surface area contributed by atoms with E-state index in [0.29, 0.717) is 30.4 Å². The van der Waals surface area contributed by atoms with Gasteiger partial charge < -0.3 is 14.6 Å². The zero-order valence-corrected chi connectivity index (χ0v) is 16.7. The Morgan fingerprint density at radius 3 is 2.70 bits per heavy atom. The number of benzene rings is 1. The predicted molar refractivity (Wildman–Crippen MR) is 103 cm³/mol. The molecule has 0 radical (unpaired) electrons. The molecule has 0 aromatic heterocycles. The van der Waals surface area contributed by atoms with Crippen LogP contribution in [-0.2, 0) is 14.3 Å². The maximum absolute atomic E-state index is 12.5. The monoisotopic (exact) mass is 413 g/mol. The first-order valence-electron chi connectivity index (χ1n) is 8.36. The van der Waals surface area contributed by atoms with E-state index in [1.54, 1.807) is 13.8 Å². The second-order valence-electron chi connectivity index (χ2n) is 5.76. The first-order chi connectivity index (χ1) is 12.8. The summed E-state index contributed by atoms with van der Waals surface area (Å²) in [6, 6.07) is 2.96. The van der Waals surface area contributed by atoms with Gasteiger partial charge in [0.15, 0.2) is 11.5 Å². The standard InChI is InChI=1S/C18H20ClNO6S/c1-4-10(3)26-15(21)9-20-17(23)14(27-18(20)24)8-11-6-12(19)16(22)13(7-11)25-5-2/h6-8,10,22H,4-5,9H2,1-3H3/b14-8-/t10-/m1/s1. The SMILES string of the molecule is CCOc1cc(/C=C2\SC(=O)N(CC(=O)O[C@H](C)CC)C2=O)cc(Cl)c1O. The van der Waals surface area contributed by atoms with Crippen molar-refractivity contribution in [3.8, 4) is 11.5 Å². The summed E-state index contributed by atoms with van der Waals surface area (Å²) in [5, 5.41) is 9.38. The van der Waals surface area contributed by atoms with Crippen molar-refractivity contribution >= 4 is 46.6 Å². The van der Waals surface area contributed by atoms with E-state index >= 15 is 0 Å². The molecule has 27 heavy (non-hydrogen) atoms. The van der Waals surface area contributed by atoms with E-state index in [0.717, 1.165) is 4.90 Å². The number of hydrogen-bond acceptors (Lipinski definition) is 7. The number of phenolic OH excluding ortho intramolecular Hbond substituents is 1. The molecule has 1 aliphatic rings. The molecule has 0 aliphatic carbocycles. The van der Waals surface area contributed by atoms with E-state index in [2.05, 4.69) is 0 Å². The maximum atomic E-state index is 12.5. The van der Waals surface area contributed by atoms with Crippen molar-refractivity contribution in [2.75, 3.05) is 13.2 Å². The number of thioether (sulfide) groups is 1. The van der Waals surface area contributed by atoms with Gasteiger partial charge in [-0.1, -0.05) is 18.5 Å². The number of phenols is 1. The molecular formula is C18H20ClNO6S. The van der Waals surface area contributed by atoms with Gasteiger partial charge in [-0.25, -0.2) is 0 Å². The molecule has 1 fully saturated rings. The van der Waals surface area contributed by atoms with Crippen LogP contribution < -0.4 is 4.74 Å². The van der Waals surface area contributed by atoms with Crippen LogP contribution >= 0.6 is 23.4 Å². The summed E-state index contributed by atoms with van der Waals surface area (Å²) in [4.78, 5) is 37.4. The smallest absolute Gasteiger partial charge is 0.326 e. The van der Waals surface area contributed by atoms with Crippen molar-refractivity contribution < 1.29 is 29.0 Å². The minimum absolute atomic E-state index is 0.0589. The molecule has 2 rings (SSSR count). The Bertz CT molecular complexity index is 794. The number of nitrogens with zero attached hydrogens (tertiary/aromatic N) is 1. The summed E-state index contributed by atoms with van der Waals surface area (Å²) >= 11 is 6.69. The van der Waals surface area contributed by atoms with Crippen LogP contribution in [0.15, 0.2) is 17.0 Å². The Morgan fingerprint density at radius 2 is 2.07 bits per heavy atom. The van der Waals surface area contributed by atoms with Gasteiger partial charge in [-0.2, -0.15) is 0 Å². The van der Waals surface area contributed by atoms with Gasteiger partial charge in [-0.15, -0.1) is 0 Å². The van der Waals surface area contributed by atoms with E-state index in [-0.39, 0.29) is 27.5 Å². The molecule has 2 amide bonds. The van der Waals surface area contributed by atoms with Crippen molar-refractivity contribution in [2.45, 2.75) is 33.3 Å². The molecule has 146 valence electrons. The molecule has 1 saturated heterocycles. The van der Waals surface area contributed by atoms with Crippen LogP contribution in [0.4, 0.5) is 4.79 Å². The van der Waals surface area contributed by atoms with Gasteiger partial charge in [0.25, 0.3) is 11.1 Å². The van der Waals surface area contributed by atoms with Crippen LogP contribution in [0, 0.1) is 0 Å². The molecule has 0 spiro atoms. The molecule has 1 atom stereocenters. The summed E-state index contributed by atoms with van der Waals surface area (Å²) in [5.41, 5.74) is 0.480. The average Bonchev–Trinajstić information content (AvgIpc) is 2.86. The highest BCUT2D eigenvalue weighted by atomic mass is 35.5. The molecule has 7 nitrogen and oxygen atoms in total. The number of amides is 2. The Balaban J connectivity index is 2.20. The van der Waals surface area contributed by atoms with E-state index in [9.17, 15) is 19.5 Å². The number of aromatic hydroxyl groups is 1. The van der Waals surface area contributed by atoms with Gasteiger partial charge in [-0.05, 0) is 55.8 Å². The maximum Gasteiger partial charge on any atom is 0.326 e. The molecule has 1 aromatic carbocycles. The number of rotatable bonds is 7. The Hall–Kier alpha value is -2.19. The second kappa shape index (κ2) is 9.14. The molecule has 1 aliphatic heterocycles. The number of esters is 1. The van der Waals surface area contributed by atoms with Gasteiger partial charge in [0.05, 0.1) is 22.6 Å². The van der Waals surface area contributed by atoms with Gasteiger partial charge in [-0.3, -0.25) is 19.3 Å². The molecule has 0 bridgehead atoms. The molecule has 1 heterocycles. The molecule has 0 saturated carbocycles. The predicted octanol–water partition coefficient (Wildman–Crippen LogP) is 3.82.